The van der Waals surface area contributed by atoms with E-state index in [-0.39, 0.29) is 22.3 Å². The largest absolute Gasteiger partial charge is 0.495 e. The molecule has 0 aliphatic heterocycles. The first-order valence-electron chi connectivity index (χ1n) is 7.75. The molecule has 8 nitrogen and oxygen atoms in total. The summed E-state index contributed by atoms with van der Waals surface area (Å²) in [6, 6.07) is 7.30. The second kappa shape index (κ2) is 7.44. The van der Waals surface area contributed by atoms with Gasteiger partial charge in [0.1, 0.15) is 10.6 Å². The number of thiophene rings is 1. The van der Waals surface area contributed by atoms with Gasteiger partial charge in [-0.25, -0.2) is 13.1 Å². The number of carbonyl (C=O) groups is 2. The van der Waals surface area contributed by atoms with E-state index in [1.807, 2.05) is 0 Å². The number of hydrogen-bond acceptors (Lipinski definition) is 6. The third-order valence-electron chi connectivity index (χ3n) is 3.65. The minimum atomic E-state index is -3.80. The molecule has 26 heavy (non-hydrogen) atoms. The Morgan fingerprint density at radius 3 is 2.50 bits per heavy atom. The van der Waals surface area contributed by atoms with E-state index >= 15 is 0 Å². The number of sulfonamides is 1. The summed E-state index contributed by atoms with van der Waals surface area (Å²) in [5.74, 6) is -0.956. The van der Waals surface area contributed by atoms with Crippen molar-refractivity contribution in [2.75, 3.05) is 7.11 Å². The minimum absolute atomic E-state index is 0.0766. The lowest BCUT2D eigenvalue weighted by Crippen LogP contribution is -2.41. The number of hydrogen-bond donors (Lipinski definition) is 3. The normalized spacial score (nSPS) is 13.9. The zero-order valence-electron chi connectivity index (χ0n) is 13.8. The lowest BCUT2D eigenvalue weighted by Gasteiger charge is -2.12. The Kier molecular flexibility index (Phi) is 5.25. The van der Waals surface area contributed by atoms with E-state index in [1.165, 1.54) is 36.6 Å². The van der Waals surface area contributed by atoms with E-state index in [9.17, 15) is 18.0 Å². The lowest BCUT2D eigenvalue weighted by atomic mass is 10.2. The molecule has 1 aromatic carbocycles. The van der Waals surface area contributed by atoms with Crippen molar-refractivity contribution in [3.8, 4) is 5.75 Å². The summed E-state index contributed by atoms with van der Waals surface area (Å²) in [5, 5.41) is 1.74. The van der Waals surface area contributed by atoms with E-state index in [0.29, 0.717) is 4.88 Å². The van der Waals surface area contributed by atoms with Crippen LogP contribution in [0.1, 0.15) is 32.9 Å². The predicted molar refractivity (Wildman–Crippen MR) is 95.6 cm³/mol. The molecule has 2 amide bonds. The molecule has 10 heteroatoms. The van der Waals surface area contributed by atoms with Crippen LogP contribution in [0.15, 0.2) is 40.6 Å². The van der Waals surface area contributed by atoms with Crippen LogP contribution in [-0.2, 0) is 10.0 Å². The molecule has 0 bridgehead atoms. The number of nitrogens with one attached hydrogen (secondary N) is 3. The summed E-state index contributed by atoms with van der Waals surface area (Å²) in [6.45, 7) is 0. The number of ether oxygens (including phenoxy) is 1. The van der Waals surface area contributed by atoms with Gasteiger partial charge in [0.2, 0.25) is 10.0 Å². The standard InChI is InChI=1S/C16H17N3O5S2/c1-24-12-7-4-10(9-14(12)26(22,23)19-11-5-6-11)15(20)17-18-16(21)13-3-2-8-25-13/h2-4,7-9,11,19H,5-6H2,1H3,(H,17,20)(H,18,21). The summed E-state index contributed by atoms with van der Waals surface area (Å²) >= 11 is 1.23. The molecule has 138 valence electrons. The minimum Gasteiger partial charge on any atom is -0.495 e. The van der Waals surface area contributed by atoms with Crippen LogP contribution in [0, 0.1) is 0 Å². The second-order valence-electron chi connectivity index (χ2n) is 5.65. The van der Waals surface area contributed by atoms with Crippen molar-refractivity contribution in [3.05, 3.63) is 46.2 Å². The van der Waals surface area contributed by atoms with Gasteiger partial charge in [-0.15, -0.1) is 11.3 Å². The second-order valence-corrected chi connectivity index (χ2v) is 8.28. The van der Waals surface area contributed by atoms with Crippen LogP contribution in [0.2, 0.25) is 0 Å². The Hall–Kier alpha value is -2.43. The van der Waals surface area contributed by atoms with Crippen LogP contribution in [0.25, 0.3) is 0 Å². The number of methoxy groups -OCH3 is 1. The number of benzene rings is 1. The molecule has 3 rings (SSSR count). The van der Waals surface area contributed by atoms with Gasteiger partial charge in [-0.1, -0.05) is 6.07 Å². The topological polar surface area (TPSA) is 114 Å². The molecule has 3 N–H and O–H groups in total. The molecular weight excluding hydrogens is 378 g/mol. The van der Waals surface area contributed by atoms with Crippen molar-refractivity contribution in [1.29, 1.82) is 0 Å². The third-order valence-corrected chi connectivity index (χ3v) is 6.06. The molecule has 1 aromatic heterocycles. The van der Waals surface area contributed by atoms with E-state index in [0.717, 1.165) is 12.8 Å². The molecule has 1 heterocycles. The smallest absolute Gasteiger partial charge is 0.279 e. The molecule has 1 saturated carbocycles. The van der Waals surface area contributed by atoms with Gasteiger partial charge in [0.25, 0.3) is 11.8 Å². The van der Waals surface area contributed by atoms with Crippen molar-refractivity contribution < 1.29 is 22.7 Å². The first-order valence-corrected chi connectivity index (χ1v) is 10.1. The van der Waals surface area contributed by atoms with Crippen LogP contribution in [0.5, 0.6) is 5.75 Å². The maximum Gasteiger partial charge on any atom is 0.279 e. The maximum atomic E-state index is 12.5. The van der Waals surface area contributed by atoms with Crippen molar-refractivity contribution in [1.82, 2.24) is 15.6 Å². The Balaban J connectivity index is 1.76. The Bertz CT molecular complexity index is 921. The summed E-state index contributed by atoms with van der Waals surface area (Å²) in [6.07, 6.45) is 1.58. The lowest BCUT2D eigenvalue weighted by molar-refractivity contribution is 0.0848. The average Bonchev–Trinajstić information content (AvgIpc) is 3.25. The zero-order chi connectivity index (χ0) is 18.7. The summed E-state index contributed by atoms with van der Waals surface area (Å²) in [7, 11) is -2.45. The molecule has 2 aromatic rings. The molecule has 0 saturated heterocycles. The first kappa shape index (κ1) is 18.4. The highest BCUT2D eigenvalue weighted by atomic mass is 32.2. The fourth-order valence-electron chi connectivity index (χ4n) is 2.17. The van der Waals surface area contributed by atoms with E-state index in [2.05, 4.69) is 15.6 Å². The van der Waals surface area contributed by atoms with Gasteiger partial charge in [0.15, 0.2) is 0 Å². The third kappa shape index (κ3) is 4.21. The van der Waals surface area contributed by atoms with Crippen molar-refractivity contribution >= 4 is 33.2 Å². The molecule has 0 atom stereocenters. The monoisotopic (exact) mass is 395 g/mol. The Morgan fingerprint density at radius 1 is 1.15 bits per heavy atom. The highest BCUT2D eigenvalue weighted by Crippen LogP contribution is 2.28. The first-order chi connectivity index (χ1) is 12.4. The van der Waals surface area contributed by atoms with Gasteiger partial charge in [0.05, 0.1) is 12.0 Å². The van der Waals surface area contributed by atoms with E-state index in [4.69, 9.17) is 4.74 Å². The average molecular weight is 395 g/mol. The summed E-state index contributed by atoms with van der Waals surface area (Å²) in [5.41, 5.74) is 4.63. The number of hydrazine groups is 1. The number of carbonyl (C=O) groups excluding carboxylic acids is 2. The molecule has 1 fully saturated rings. The van der Waals surface area contributed by atoms with Crippen molar-refractivity contribution in [2.45, 2.75) is 23.8 Å². The molecule has 0 spiro atoms. The fraction of sp³-hybridized carbons (Fsp3) is 0.250. The zero-order valence-corrected chi connectivity index (χ0v) is 15.4. The van der Waals surface area contributed by atoms with Gasteiger partial charge in [-0.3, -0.25) is 20.4 Å². The van der Waals surface area contributed by atoms with Gasteiger partial charge < -0.3 is 4.74 Å². The Labute approximate surface area is 154 Å². The highest BCUT2D eigenvalue weighted by molar-refractivity contribution is 7.89. The van der Waals surface area contributed by atoms with Crippen molar-refractivity contribution in [2.24, 2.45) is 0 Å². The molecule has 1 aliphatic rings. The quantitative estimate of drug-likeness (QED) is 0.638. The molecular formula is C16H17N3O5S2. The molecule has 1 aliphatic carbocycles. The predicted octanol–water partition coefficient (Wildman–Crippen LogP) is 1.27. The van der Waals surface area contributed by atoms with E-state index < -0.39 is 21.8 Å². The van der Waals surface area contributed by atoms with Crippen LogP contribution in [0.3, 0.4) is 0 Å². The van der Waals surface area contributed by atoms with Gasteiger partial charge in [-0.05, 0) is 42.5 Å². The Morgan fingerprint density at radius 2 is 1.88 bits per heavy atom. The van der Waals surface area contributed by atoms with Crippen LogP contribution in [0.4, 0.5) is 0 Å². The van der Waals surface area contributed by atoms with Gasteiger partial charge >= 0.3 is 0 Å². The summed E-state index contributed by atoms with van der Waals surface area (Å²) < 4.78 is 32.6. The van der Waals surface area contributed by atoms with Gasteiger partial charge in [0, 0.05) is 11.6 Å². The summed E-state index contributed by atoms with van der Waals surface area (Å²) in [4.78, 5) is 24.4. The van der Waals surface area contributed by atoms with Crippen LogP contribution < -0.4 is 20.3 Å². The molecule has 0 unspecified atom stereocenters. The molecule has 0 radical (unpaired) electrons. The highest BCUT2D eigenvalue weighted by Gasteiger charge is 2.30. The van der Waals surface area contributed by atoms with E-state index in [1.54, 1.807) is 17.5 Å². The SMILES string of the molecule is COc1ccc(C(=O)NNC(=O)c2cccs2)cc1S(=O)(=O)NC1CC1. The fourth-order valence-corrected chi connectivity index (χ4v) is 4.29. The van der Waals surface area contributed by atoms with Crippen molar-refractivity contribution in [3.63, 3.8) is 0 Å². The van der Waals surface area contributed by atoms with Crippen LogP contribution >= 0.6 is 11.3 Å². The number of rotatable bonds is 6. The maximum absolute atomic E-state index is 12.5. The van der Waals surface area contributed by atoms with Gasteiger partial charge in [-0.2, -0.15) is 0 Å². The number of amides is 2. The van der Waals surface area contributed by atoms with Crippen LogP contribution in [-0.4, -0.2) is 33.4 Å².